The fourth-order valence-corrected chi connectivity index (χ4v) is 3.04. The smallest absolute Gasteiger partial charge is 0.282 e. The average Bonchev–Trinajstić information content (AvgIpc) is 2.85. The second kappa shape index (κ2) is 8.07. The van der Waals surface area contributed by atoms with E-state index in [1.807, 2.05) is 6.92 Å². The summed E-state index contributed by atoms with van der Waals surface area (Å²) in [4.78, 5) is 48.8. The van der Waals surface area contributed by atoms with Crippen LogP contribution in [0.1, 0.15) is 67.2 Å². The lowest BCUT2D eigenvalue weighted by atomic mass is 10.1. The van der Waals surface area contributed by atoms with E-state index >= 15 is 0 Å². The van der Waals surface area contributed by atoms with E-state index in [0.29, 0.717) is 0 Å². The van der Waals surface area contributed by atoms with E-state index in [4.69, 9.17) is 0 Å². The third-order valence-electron chi connectivity index (χ3n) is 4.52. The van der Waals surface area contributed by atoms with Crippen LogP contribution in [0.5, 0.6) is 0 Å². The minimum atomic E-state index is -1.05. The summed E-state index contributed by atoms with van der Waals surface area (Å²) in [5, 5.41) is 13.9. The van der Waals surface area contributed by atoms with Gasteiger partial charge in [-0.2, -0.15) is 0 Å². The van der Waals surface area contributed by atoms with Crippen molar-refractivity contribution in [2.24, 2.45) is 0 Å². The average molecular weight is 361 g/mol. The maximum absolute atomic E-state index is 12.6. The lowest BCUT2D eigenvalue weighted by molar-refractivity contribution is -0.385. The number of carbonyl (C=O) groups is 3. The van der Waals surface area contributed by atoms with Crippen LogP contribution in [0.2, 0.25) is 0 Å². The number of nitrogens with zero attached hydrogens (tertiary/aromatic N) is 2. The van der Waals surface area contributed by atoms with Crippen LogP contribution in [0, 0.1) is 10.1 Å². The Morgan fingerprint density at radius 1 is 1.23 bits per heavy atom. The van der Waals surface area contributed by atoms with Gasteiger partial charge in [0.2, 0.25) is 5.91 Å². The van der Waals surface area contributed by atoms with Gasteiger partial charge in [-0.1, -0.05) is 32.3 Å². The van der Waals surface area contributed by atoms with Crippen molar-refractivity contribution in [3.05, 3.63) is 39.4 Å². The number of carbonyl (C=O) groups excluding carboxylic acids is 3. The molecule has 0 fully saturated rings. The lowest BCUT2D eigenvalue weighted by Crippen LogP contribution is -2.49. The molecule has 0 saturated carbocycles. The van der Waals surface area contributed by atoms with Gasteiger partial charge in [-0.25, -0.2) is 0 Å². The molecule has 140 valence electrons. The second-order valence-electron chi connectivity index (χ2n) is 6.52. The zero-order chi connectivity index (χ0) is 19.4. The van der Waals surface area contributed by atoms with Crippen molar-refractivity contribution >= 4 is 23.4 Å². The Hall–Kier alpha value is -2.77. The molecule has 0 aromatic heterocycles. The number of rotatable bonds is 8. The van der Waals surface area contributed by atoms with Crippen molar-refractivity contribution in [1.29, 1.82) is 0 Å². The molecule has 2 rings (SSSR count). The number of hydrogen-bond donors (Lipinski definition) is 1. The highest BCUT2D eigenvalue weighted by molar-refractivity contribution is 6.24. The molecule has 26 heavy (non-hydrogen) atoms. The van der Waals surface area contributed by atoms with Crippen molar-refractivity contribution in [2.75, 3.05) is 0 Å². The van der Waals surface area contributed by atoms with Gasteiger partial charge < -0.3 is 5.32 Å². The zero-order valence-corrected chi connectivity index (χ0v) is 15.2. The fraction of sp³-hybridized carbons (Fsp3) is 0.500. The standard InChI is InChI=1S/C18H23N3O5/c1-4-5-6-8-11(2)19-16(22)12(3)20-17(23)13-9-7-10-14(21(25)26)15(13)18(20)24/h7,9-12H,4-6,8H2,1-3H3,(H,19,22)/t11?,12-/m0/s1. The first kappa shape index (κ1) is 19.6. The molecule has 1 N–H and O–H groups in total. The van der Waals surface area contributed by atoms with Crippen LogP contribution in [-0.2, 0) is 4.79 Å². The number of nitrogens with one attached hydrogen (secondary N) is 1. The van der Waals surface area contributed by atoms with Gasteiger partial charge in [-0.05, 0) is 26.3 Å². The maximum atomic E-state index is 12.6. The largest absolute Gasteiger partial charge is 0.352 e. The summed E-state index contributed by atoms with van der Waals surface area (Å²) in [5.74, 6) is -1.94. The number of hydrogen-bond acceptors (Lipinski definition) is 5. The van der Waals surface area contributed by atoms with Crippen LogP contribution in [0.4, 0.5) is 5.69 Å². The predicted molar refractivity (Wildman–Crippen MR) is 94.8 cm³/mol. The van der Waals surface area contributed by atoms with E-state index in [1.165, 1.54) is 25.1 Å². The molecule has 1 aliphatic heterocycles. The maximum Gasteiger partial charge on any atom is 0.282 e. The van der Waals surface area contributed by atoms with Crippen molar-refractivity contribution in [2.45, 2.75) is 58.5 Å². The van der Waals surface area contributed by atoms with Gasteiger partial charge in [-0.3, -0.25) is 29.4 Å². The van der Waals surface area contributed by atoms with Crippen LogP contribution in [-0.4, -0.2) is 39.6 Å². The number of imide groups is 1. The van der Waals surface area contributed by atoms with Crippen molar-refractivity contribution in [1.82, 2.24) is 10.2 Å². The highest BCUT2D eigenvalue weighted by Crippen LogP contribution is 2.31. The Kier molecular flexibility index (Phi) is 6.07. The summed E-state index contributed by atoms with van der Waals surface area (Å²) in [5.41, 5.74) is -0.720. The Bertz CT molecular complexity index is 746. The third kappa shape index (κ3) is 3.74. The molecule has 0 bridgehead atoms. The quantitative estimate of drug-likeness (QED) is 0.331. The highest BCUT2D eigenvalue weighted by Gasteiger charge is 2.44. The molecule has 8 heteroatoms. The van der Waals surface area contributed by atoms with Gasteiger partial charge in [-0.15, -0.1) is 0 Å². The molecule has 1 unspecified atom stereocenters. The molecule has 0 radical (unpaired) electrons. The molecular weight excluding hydrogens is 338 g/mol. The van der Waals surface area contributed by atoms with Gasteiger partial charge in [0.05, 0.1) is 10.5 Å². The van der Waals surface area contributed by atoms with Crippen LogP contribution >= 0.6 is 0 Å². The van der Waals surface area contributed by atoms with Crippen molar-refractivity contribution in [3.63, 3.8) is 0 Å². The molecule has 0 aliphatic carbocycles. The van der Waals surface area contributed by atoms with E-state index < -0.39 is 34.4 Å². The van der Waals surface area contributed by atoms with E-state index in [0.717, 1.165) is 30.6 Å². The van der Waals surface area contributed by atoms with Crippen LogP contribution in [0.3, 0.4) is 0 Å². The van der Waals surface area contributed by atoms with Gasteiger partial charge >= 0.3 is 0 Å². The van der Waals surface area contributed by atoms with Gasteiger partial charge in [0.15, 0.2) is 0 Å². The zero-order valence-electron chi connectivity index (χ0n) is 15.2. The molecule has 8 nitrogen and oxygen atoms in total. The third-order valence-corrected chi connectivity index (χ3v) is 4.52. The van der Waals surface area contributed by atoms with Gasteiger partial charge in [0, 0.05) is 12.1 Å². The number of benzene rings is 1. The Morgan fingerprint density at radius 3 is 2.54 bits per heavy atom. The summed E-state index contributed by atoms with van der Waals surface area (Å²) < 4.78 is 0. The van der Waals surface area contributed by atoms with Crippen LogP contribution in [0.25, 0.3) is 0 Å². The normalized spacial score (nSPS) is 15.6. The number of nitro benzene ring substituents is 1. The number of amides is 3. The first-order valence-electron chi connectivity index (χ1n) is 8.75. The van der Waals surface area contributed by atoms with E-state index in [2.05, 4.69) is 12.2 Å². The Labute approximate surface area is 151 Å². The molecule has 2 atom stereocenters. The Balaban J connectivity index is 2.15. The molecule has 0 spiro atoms. The molecule has 1 aromatic rings. The number of unbranched alkanes of at least 4 members (excludes halogenated alkanes) is 2. The predicted octanol–water partition coefficient (Wildman–Crippen LogP) is 2.66. The molecular formula is C18H23N3O5. The summed E-state index contributed by atoms with van der Waals surface area (Å²) in [7, 11) is 0. The van der Waals surface area contributed by atoms with E-state index in [-0.39, 0.29) is 17.2 Å². The first-order valence-corrected chi connectivity index (χ1v) is 8.75. The van der Waals surface area contributed by atoms with Gasteiger partial charge in [0.25, 0.3) is 17.5 Å². The summed E-state index contributed by atoms with van der Waals surface area (Å²) in [6.45, 7) is 5.40. The van der Waals surface area contributed by atoms with Crippen LogP contribution < -0.4 is 5.32 Å². The molecule has 3 amide bonds. The summed E-state index contributed by atoms with van der Waals surface area (Å²) >= 11 is 0. The molecule has 0 saturated heterocycles. The van der Waals surface area contributed by atoms with Crippen LogP contribution in [0.15, 0.2) is 18.2 Å². The van der Waals surface area contributed by atoms with E-state index in [9.17, 15) is 24.5 Å². The minimum absolute atomic E-state index is 0.0418. The summed E-state index contributed by atoms with van der Waals surface area (Å²) in [6.07, 6.45) is 3.92. The molecule has 1 aromatic carbocycles. The topological polar surface area (TPSA) is 110 Å². The first-order chi connectivity index (χ1) is 12.3. The van der Waals surface area contributed by atoms with Crippen molar-refractivity contribution in [3.8, 4) is 0 Å². The fourth-order valence-electron chi connectivity index (χ4n) is 3.04. The van der Waals surface area contributed by atoms with Gasteiger partial charge in [0.1, 0.15) is 11.6 Å². The second-order valence-corrected chi connectivity index (χ2v) is 6.52. The minimum Gasteiger partial charge on any atom is -0.352 e. The number of nitro groups is 1. The molecule has 1 heterocycles. The monoisotopic (exact) mass is 361 g/mol. The number of fused-ring (bicyclic) bond motifs is 1. The van der Waals surface area contributed by atoms with E-state index in [1.54, 1.807) is 0 Å². The Morgan fingerprint density at radius 2 is 1.92 bits per heavy atom. The highest BCUT2D eigenvalue weighted by atomic mass is 16.6. The van der Waals surface area contributed by atoms with Crippen molar-refractivity contribution < 1.29 is 19.3 Å². The SMILES string of the molecule is CCCCCC(C)NC(=O)[C@H](C)N1C(=O)c2cccc([N+](=O)[O-])c2C1=O. The lowest BCUT2D eigenvalue weighted by Gasteiger charge is -2.23. The summed E-state index contributed by atoms with van der Waals surface area (Å²) in [6, 6.07) is 2.76. The molecule has 1 aliphatic rings.